The van der Waals surface area contributed by atoms with E-state index in [1.54, 1.807) is 6.07 Å². The zero-order valence-corrected chi connectivity index (χ0v) is 12.4. The highest BCUT2D eigenvalue weighted by Crippen LogP contribution is 2.28. The summed E-state index contributed by atoms with van der Waals surface area (Å²) < 4.78 is 0. The predicted octanol–water partition coefficient (Wildman–Crippen LogP) is 3.49. The van der Waals surface area contributed by atoms with Crippen LogP contribution in [0.3, 0.4) is 0 Å². The molecule has 21 heavy (non-hydrogen) atoms. The second-order valence-electron chi connectivity index (χ2n) is 4.88. The fourth-order valence-electron chi connectivity index (χ4n) is 2.06. The normalized spacial score (nSPS) is 10.4. The fourth-order valence-corrected chi connectivity index (χ4v) is 2.06. The summed E-state index contributed by atoms with van der Waals surface area (Å²) in [6, 6.07) is 6.46. The van der Waals surface area contributed by atoms with Crippen LogP contribution in [0.4, 0.5) is 11.5 Å². The summed E-state index contributed by atoms with van der Waals surface area (Å²) in [6.07, 6.45) is 1.01. The minimum Gasteiger partial charge on any atom is -0.368 e. The zero-order valence-electron chi connectivity index (χ0n) is 12.4. The van der Waals surface area contributed by atoms with Crippen LogP contribution in [0.5, 0.6) is 0 Å². The SMILES string of the molecule is CCCNc1nnc(-c2cccc([N+](=O)[O-])c2)c(C)c1C. The molecule has 0 aliphatic carbocycles. The van der Waals surface area contributed by atoms with Crippen molar-refractivity contribution in [3.05, 3.63) is 45.5 Å². The smallest absolute Gasteiger partial charge is 0.270 e. The van der Waals surface area contributed by atoms with E-state index >= 15 is 0 Å². The Morgan fingerprint density at radius 3 is 2.67 bits per heavy atom. The first-order valence-corrected chi connectivity index (χ1v) is 6.87. The predicted molar refractivity (Wildman–Crippen MR) is 82.4 cm³/mol. The number of hydrogen-bond acceptors (Lipinski definition) is 5. The molecule has 6 heteroatoms. The summed E-state index contributed by atoms with van der Waals surface area (Å²) in [7, 11) is 0. The molecule has 0 fully saturated rings. The Morgan fingerprint density at radius 2 is 2.00 bits per heavy atom. The monoisotopic (exact) mass is 286 g/mol. The van der Waals surface area contributed by atoms with Gasteiger partial charge in [0.15, 0.2) is 5.82 Å². The number of nitrogens with one attached hydrogen (secondary N) is 1. The molecule has 0 saturated carbocycles. The van der Waals surface area contributed by atoms with E-state index in [-0.39, 0.29) is 5.69 Å². The van der Waals surface area contributed by atoms with Gasteiger partial charge in [-0.25, -0.2) is 0 Å². The van der Waals surface area contributed by atoms with Gasteiger partial charge in [-0.1, -0.05) is 19.1 Å². The molecule has 0 unspecified atom stereocenters. The minimum atomic E-state index is -0.406. The van der Waals surface area contributed by atoms with Crippen molar-refractivity contribution in [1.29, 1.82) is 0 Å². The van der Waals surface area contributed by atoms with Crippen molar-refractivity contribution in [2.45, 2.75) is 27.2 Å². The van der Waals surface area contributed by atoms with Crippen LogP contribution in [0.25, 0.3) is 11.3 Å². The molecule has 110 valence electrons. The van der Waals surface area contributed by atoms with E-state index in [1.165, 1.54) is 12.1 Å². The number of nitro benzene ring substituents is 1. The molecular formula is C15H18N4O2. The van der Waals surface area contributed by atoms with E-state index in [4.69, 9.17) is 0 Å². The van der Waals surface area contributed by atoms with Crippen molar-refractivity contribution < 1.29 is 4.92 Å². The first-order valence-electron chi connectivity index (χ1n) is 6.87. The number of aromatic nitrogens is 2. The second-order valence-corrected chi connectivity index (χ2v) is 4.88. The van der Waals surface area contributed by atoms with Crippen molar-refractivity contribution in [3.8, 4) is 11.3 Å². The lowest BCUT2D eigenvalue weighted by Gasteiger charge is -2.12. The van der Waals surface area contributed by atoms with Crippen LogP contribution in [-0.2, 0) is 0 Å². The van der Waals surface area contributed by atoms with Gasteiger partial charge in [-0.2, -0.15) is 0 Å². The molecule has 0 saturated heterocycles. The van der Waals surface area contributed by atoms with Gasteiger partial charge in [0.25, 0.3) is 5.69 Å². The van der Waals surface area contributed by atoms with Crippen molar-refractivity contribution in [1.82, 2.24) is 10.2 Å². The van der Waals surface area contributed by atoms with Gasteiger partial charge in [-0.05, 0) is 31.4 Å². The highest BCUT2D eigenvalue weighted by Gasteiger charge is 2.13. The standard InChI is InChI=1S/C15H18N4O2/c1-4-8-16-15-11(3)10(2)14(17-18-15)12-6-5-7-13(9-12)19(20)21/h5-7,9H,4,8H2,1-3H3,(H,16,18). The van der Waals surface area contributed by atoms with Gasteiger partial charge < -0.3 is 5.32 Å². The average molecular weight is 286 g/mol. The number of nitro groups is 1. The molecule has 0 radical (unpaired) electrons. The minimum absolute atomic E-state index is 0.0551. The average Bonchev–Trinajstić information content (AvgIpc) is 2.49. The van der Waals surface area contributed by atoms with Crippen LogP contribution in [0.1, 0.15) is 24.5 Å². The van der Waals surface area contributed by atoms with Crippen LogP contribution in [-0.4, -0.2) is 21.7 Å². The van der Waals surface area contributed by atoms with E-state index in [0.717, 1.165) is 29.9 Å². The quantitative estimate of drug-likeness (QED) is 0.672. The third-order valence-electron chi connectivity index (χ3n) is 3.40. The summed E-state index contributed by atoms with van der Waals surface area (Å²) in [5, 5.41) is 22.5. The van der Waals surface area contributed by atoms with Crippen molar-refractivity contribution in [3.63, 3.8) is 0 Å². The van der Waals surface area contributed by atoms with Gasteiger partial charge in [0.2, 0.25) is 0 Å². The Balaban J connectivity index is 2.43. The number of anilines is 1. The molecule has 0 amide bonds. The van der Waals surface area contributed by atoms with Crippen LogP contribution in [0, 0.1) is 24.0 Å². The Morgan fingerprint density at radius 1 is 1.24 bits per heavy atom. The summed E-state index contributed by atoms with van der Waals surface area (Å²) in [5.41, 5.74) is 3.43. The van der Waals surface area contributed by atoms with Crippen LogP contribution in [0.2, 0.25) is 0 Å². The van der Waals surface area contributed by atoms with Crippen molar-refractivity contribution >= 4 is 11.5 Å². The van der Waals surface area contributed by atoms with E-state index in [1.807, 2.05) is 19.9 Å². The highest BCUT2D eigenvalue weighted by molar-refractivity contribution is 5.68. The number of nitrogens with zero attached hydrogens (tertiary/aromatic N) is 3. The third-order valence-corrected chi connectivity index (χ3v) is 3.40. The maximum absolute atomic E-state index is 10.9. The zero-order chi connectivity index (χ0) is 15.4. The Kier molecular flexibility index (Phi) is 4.47. The van der Waals surface area contributed by atoms with Crippen molar-refractivity contribution in [2.24, 2.45) is 0 Å². The largest absolute Gasteiger partial charge is 0.368 e. The summed E-state index contributed by atoms with van der Waals surface area (Å²) in [5.74, 6) is 0.767. The van der Waals surface area contributed by atoms with Crippen LogP contribution in [0.15, 0.2) is 24.3 Å². The molecule has 0 aliphatic heterocycles. The molecule has 1 aromatic heterocycles. The molecule has 1 N–H and O–H groups in total. The van der Waals surface area contributed by atoms with E-state index in [9.17, 15) is 10.1 Å². The number of benzene rings is 1. The Hall–Kier alpha value is -2.50. The first-order chi connectivity index (χ1) is 10.0. The maximum atomic E-state index is 10.9. The molecule has 0 atom stereocenters. The van der Waals surface area contributed by atoms with Gasteiger partial charge in [0.05, 0.1) is 10.6 Å². The molecule has 0 spiro atoms. The van der Waals surface area contributed by atoms with Crippen molar-refractivity contribution in [2.75, 3.05) is 11.9 Å². The summed E-state index contributed by atoms with van der Waals surface area (Å²) >= 11 is 0. The number of rotatable bonds is 5. The van der Waals surface area contributed by atoms with Gasteiger partial charge in [0.1, 0.15) is 0 Å². The number of hydrogen-bond donors (Lipinski definition) is 1. The molecular weight excluding hydrogens is 268 g/mol. The van der Waals surface area contributed by atoms with Gasteiger partial charge in [-0.15, -0.1) is 10.2 Å². The fraction of sp³-hybridized carbons (Fsp3) is 0.333. The number of non-ortho nitro benzene ring substituents is 1. The molecule has 1 aromatic carbocycles. The molecule has 2 rings (SSSR count). The maximum Gasteiger partial charge on any atom is 0.270 e. The van der Waals surface area contributed by atoms with Gasteiger partial charge in [-0.3, -0.25) is 10.1 Å². The van der Waals surface area contributed by atoms with E-state index in [2.05, 4.69) is 22.4 Å². The topological polar surface area (TPSA) is 81.0 Å². The Labute approximate surface area is 123 Å². The first kappa shape index (κ1) is 14.9. The molecule has 6 nitrogen and oxygen atoms in total. The second kappa shape index (κ2) is 6.30. The lowest BCUT2D eigenvalue weighted by atomic mass is 10.0. The van der Waals surface area contributed by atoms with E-state index < -0.39 is 4.92 Å². The van der Waals surface area contributed by atoms with Gasteiger partial charge in [0, 0.05) is 24.2 Å². The molecule has 0 bridgehead atoms. The highest BCUT2D eigenvalue weighted by atomic mass is 16.6. The van der Waals surface area contributed by atoms with Crippen LogP contribution >= 0.6 is 0 Å². The third kappa shape index (κ3) is 3.16. The molecule has 0 aliphatic rings. The molecule has 1 heterocycles. The summed E-state index contributed by atoms with van der Waals surface area (Å²) in [6.45, 7) is 6.85. The summed E-state index contributed by atoms with van der Waals surface area (Å²) in [4.78, 5) is 10.5. The van der Waals surface area contributed by atoms with E-state index in [0.29, 0.717) is 11.3 Å². The van der Waals surface area contributed by atoms with Gasteiger partial charge >= 0.3 is 0 Å². The lowest BCUT2D eigenvalue weighted by Crippen LogP contribution is -2.07. The lowest BCUT2D eigenvalue weighted by molar-refractivity contribution is -0.384. The van der Waals surface area contributed by atoms with Crippen LogP contribution < -0.4 is 5.32 Å². The Bertz CT molecular complexity index is 671. The molecule has 2 aromatic rings.